The minimum Gasteiger partial charge on any atom is -0.368 e. The van der Waals surface area contributed by atoms with Crippen molar-refractivity contribution in [2.75, 3.05) is 13.1 Å². The van der Waals surface area contributed by atoms with Crippen LogP contribution in [0.2, 0.25) is 0 Å². The molecule has 0 aliphatic carbocycles. The predicted molar refractivity (Wildman–Crippen MR) is 50.3 cm³/mol. The molecular formula is C9H15N3O2. The van der Waals surface area contributed by atoms with E-state index in [4.69, 9.17) is 5.73 Å². The second-order valence-electron chi connectivity index (χ2n) is 4.08. The number of amides is 2. The van der Waals surface area contributed by atoms with E-state index < -0.39 is 5.91 Å². The molecule has 2 unspecified atom stereocenters. The average molecular weight is 197 g/mol. The van der Waals surface area contributed by atoms with Gasteiger partial charge in [0.1, 0.15) is 5.54 Å². The number of nitrogens with two attached hydrogens (primary N) is 1. The molecule has 0 aromatic carbocycles. The summed E-state index contributed by atoms with van der Waals surface area (Å²) >= 11 is 0. The Balaban J connectivity index is 2.07. The van der Waals surface area contributed by atoms with Crippen LogP contribution < -0.4 is 11.1 Å². The first-order valence-corrected chi connectivity index (χ1v) is 4.92. The number of primary amides is 1. The lowest BCUT2D eigenvalue weighted by Gasteiger charge is -2.52. The zero-order chi connectivity index (χ0) is 10.3. The van der Waals surface area contributed by atoms with Gasteiger partial charge < -0.3 is 16.0 Å². The molecule has 1 spiro atoms. The van der Waals surface area contributed by atoms with E-state index in [9.17, 15) is 9.59 Å². The number of carbonyl (C=O) groups is 2. The Morgan fingerprint density at radius 2 is 2.50 bits per heavy atom. The zero-order valence-corrected chi connectivity index (χ0v) is 8.25. The summed E-state index contributed by atoms with van der Waals surface area (Å²) in [5.41, 5.74) is 4.68. The summed E-state index contributed by atoms with van der Waals surface area (Å²) in [7, 11) is 0. The number of carbonyl (C=O) groups excluding carboxylic acids is 2. The van der Waals surface area contributed by atoms with E-state index in [1.54, 1.807) is 4.90 Å². The summed E-state index contributed by atoms with van der Waals surface area (Å²) in [6, 6.07) is 0.0880. The highest BCUT2D eigenvalue weighted by Crippen LogP contribution is 2.37. The maximum atomic E-state index is 11.8. The van der Waals surface area contributed by atoms with Crippen LogP contribution in [0.3, 0.4) is 0 Å². The molecule has 2 saturated heterocycles. The first-order valence-electron chi connectivity index (χ1n) is 4.92. The van der Waals surface area contributed by atoms with Crippen molar-refractivity contribution in [3.8, 4) is 0 Å². The Labute approximate surface area is 82.6 Å². The molecule has 14 heavy (non-hydrogen) atoms. The Bertz CT molecular complexity index is 284. The van der Waals surface area contributed by atoms with E-state index in [1.807, 2.05) is 6.92 Å². The summed E-state index contributed by atoms with van der Waals surface area (Å²) in [5.74, 6) is -0.417. The van der Waals surface area contributed by atoms with E-state index in [1.165, 1.54) is 0 Å². The van der Waals surface area contributed by atoms with E-state index in [-0.39, 0.29) is 24.0 Å². The smallest absolute Gasteiger partial charge is 0.245 e. The van der Waals surface area contributed by atoms with Gasteiger partial charge >= 0.3 is 0 Å². The van der Waals surface area contributed by atoms with Crippen molar-refractivity contribution < 1.29 is 9.59 Å². The quantitative estimate of drug-likeness (QED) is 0.547. The van der Waals surface area contributed by atoms with Gasteiger partial charge in [0.2, 0.25) is 11.8 Å². The van der Waals surface area contributed by atoms with Crippen molar-refractivity contribution in [3.05, 3.63) is 0 Å². The van der Waals surface area contributed by atoms with Crippen LogP contribution in [0.1, 0.15) is 19.8 Å². The molecule has 5 heteroatoms. The predicted octanol–water partition coefficient (Wildman–Crippen LogP) is -1.18. The fraction of sp³-hybridized carbons (Fsp3) is 0.778. The normalized spacial score (nSPS) is 36.2. The van der Waals surface area contributed by atoms with Crippen LogP contribution in [0.15, 0.2) is 0 Å². The third-order valence-electron chi connectivity index (χ3n) is 3.34. The number of hydrogen-bond acceptors (Lipinski definition) is 3. The number of nitrogens with one attached hydrogen (secondary N) is 1. The summed E-state index contributed by atoms with van der Waals surface area (Å²) in [6.07, 6.45) is 1.91. The molecule has 0 bridgehead atoms. The SMILES string of the molecule is CC1N(CC(N)=O)C(=O)C12CCCN2. The van der Waals surface area contributed by atoms with Gasteiger partial charge in [-0.2, -0.15) is 0 Å². The highest BCUT2D eigenvalue weighted by Gasteiger charge is 2.59. The summed E-state index contributed by atoms with van der Waals surface area (Å²) in [6.45, 7) is 2.90. The third-order valence-corrected chi connectivity index (χ3v) is 3.34. The van der Waals surface area contributed by atoms with Crippen molar-refractivity contribution in [3.63, 3.8) is 0 Å². The van der Waals surface area contributed by atoms with E-state index in [2.05, 4.69) is 5.32 Å². The fourth-order valence-corrected chi connectivity index (χ4v) is 2.49. The van der Waals surface area contributed by atoms with Gasteiger partial charge in [0, 0.05) is 0 Å². The topological polar surface area (TPSA) is 75.4 Å². The first kappa shape index (κ1) is 9.45. The molecule has 0 aromatic heterocycles. The van der Waals surface area contributed by atoms with Gasteiger partial charge in [-0.05, 0) is 26.3 Å². The molecular weight excluding hydrogens is 182 g/mol. The molecule has 2 aliphatic rings. The van der Waals surface area contributed by atoms with Crippen LogP contribution in [0.25, 0.3) is 0 Å². The number of likely N-dealkylation sites (tertiary alicyclic amines) is 1. The molecule has 78 valence electrons. The van der Waals surface area contributed by atoms with Crippen molar-refractivity contribution in [2.24, 2.45) is 5.73 Å². The van der Waals surface area contributed by atoms with Crippen LogP contribution in [0.4, 0.5) is 0 Å². The Morgan fingerprint density at radius 1 is 1.79 bits per heavy atom. The lowest BCUT2D eigenvalue weighted by Crippen LogP contribution is -2.77. The molecule has 2 amide bonds. The van der Waals surface area contributed by atoms with Crippen LogP contribution in [0, 0.1) is 0 Å². The molecule has 0 aromatic rings. The molecule has 0 radical (unpaired) electrons. The fourth-order valence-electron chi connectivity index (χ4n) is 2.49. The van der Waals surface area contributed by atoms with Gasteiger partial charge in [-0.25, -0.2) is 0 Å². The molecule has 2 atom stereocenters. The van der Waals surface area contributed by atoms with Gasteiger partial charge in [0.25, 0.3) is 0 Å². The molecule has 3 N–H and O–H groups in total. The molecule has 2 heterocycles. The Hall–Kier alpha value is -1.10. The lowest BCUT2D eigenvalue weighted by molar-refractivity contribution is -0.162. The largest absolute Gasteiger partial charge is 0.368 e. The molecule has 5 nitrogen and oxygen atoms in total. The van der Waals surface area contributed by atoms with Crippen molar-refractivity contribution in [2.45, 2.75) is 31.3 Å². The highest BCUT2D eigenvalue weighted by atomic mass is 16.2. The van der Waals surface area contributed by atoms with Crippen LogP contribution in [0.5, 0.6) is 0 Å². The van der Waals surface area contributed by atoms with Crippen LogP contribution >= 0.6 is 0 Å². The van der Waals surface area contributed by atoms with Gasteiger partial charge in [-0.3, -0.25) is 9.59 Å². The standard InChI is InChI=1S/C9H15N3O2/c1-6-9(3-2-4-11-9)8(14)12(6)5-7(10)13/h6,11H,2-5H2,1H3,(H2,10,13). The zero-order valence-electron chi connectivity index (χ0n) is 8.25. The lowest BCUT2D eigenvalue weighted by atomic mass is 9.78. The Morgan fingerprint density at radius 3 is 2.93 bits per heavy atom. The molecule has 0 saturated carbocycles. The molecule has 2 fully saturated rings. The van der Waals surface area contributed by atoms with Gasteiger partial charge in [0.05, 0.1) is 12.6 Å². The van der Waals surface area contributed by atoms with Crippen LogP contribution in [-0.4, -0.2) is 41.4 Å². The van der Waals surface area contributed by atoms with Crippen molar-refractivity contribution in [1.82, 2.24) is 10.2 Å². The van der Waals surface area contributed by atoms with E-state index in [0.29, 0.717) is 0 Å². The number of β-lactam (4-membered cyclic amide) rings is 1. The summed E-state index contributed by atoms with van der Waals surface area (Å²) in [4.78, 5) is 24.0. The second kappa shape index (κ2) is 2.95. The highest BCUT2D eigenvalue weighted by molar-refractivity contribution is 5.97. The number of nitrogens with zero attached hydrogens (tertiary/aromatic N) is 1. The minimum absolute atomic E-state index is 0.0290. The Kier molecular flexibility index (Phi) is 1.99. The van der Waals surface area contributed by atoms with Gasteiger partial charge in [0.15, 0.2) is 0 Å². The van der Waals surface area contributed by atoms with E-state index >= 15 is 0 Å². The summed E-state index contributed by atoms with van der Waals surface area (Å²) in [5, 5.41) is 3.23. The first-order chi connectivity index (χ1) is 6.58. The van der Waals surface area contributed by atoms with Gasteiger partial charge in [-0.15, -0.1) is 0 Å². The number of hydrogen-bond donors (Lipinski definition) is 2. The summed E-state index contributed by atoms with van der Waals surface area (Å²) < 4.78 is 0. The van der Waals surface area contributed by atoms with E-state index in [0.717, 1.165) is 19.4 Å². The maximum absolute atomic E-state index is 11.8. The van der Waals surface area contributed by atoms with Crippen LogP contribution in [-0.2, 0) is 9.59 Å². The van der Waals surface area contributed by atoms with Crippen molar-refractivity contribution >= 4 is 11.8 Å². The minimum atomic E-state index is -0.446. The number of rotatable bonds is 2. The third kappa shape index (κ3) is 1.05. The molecule has 2 rings (SSSR count). The maximum Gasteiger partial charge on any atom is 0.245 e. The monoisotopic (exact) mass is 197 g/mol. The molecule has 2 aliphatic heterocycles. The second-order valence-corrected chi connectivity index (χ2v) is 4.08. The van der Waals surface area contributed by atoms with Gasteiger partial charge in [-0.1, -0.05) is 0 Å². The average Bonchev–Trinajstić information content (AvgIpc) is 2.63. The van der Waals surface area contributed by atoms with Crippen molar-refractivity contribution in [1.29, 1.82) is 0 Å².